The summed E-state index contributed by atoms with van der Waals surface area (Å²) in [5.41, 5.74) is 3.29. The van der Waals surface area contributed by atoms with Crippen LogP contribution in [0.1, 0.15) is 50.7 Å². The summed E-state index contributed by atoms with van der Waals surface area (Å²) in [6.45, 7) is 9.66. The number of hydrogen-bond donors (Lipinski definition) is 1. The van der Waals surface area contributed by atoms with Gasteiger partial charge < -0.3 is 10.1 Å². The van der Waals surface area contributed by atoms with Crippen LogP contribution in [0.4, 0.5) is 0 Å². The lowest BCUT2D eigenvalue weighted by molar-refractivity contribution is 0.144. The second-order valence-electron chi connectivity index (χ2n) is 6.74. The van der Waals surface area contributed by atoms with Crippen LogP contribution in [0.5, 0.6) is 0 Å². The van der Waals surface area contributed by atoms with E-state index in [-0.39, 0.29) is 0 Å². The molecule has 2 rings (SSSR count). The summed E-state index contributed by atoms with van der Waals surface area (Å²) < 4.78 is 5.11. The maximum Gasteiger partial charge on any atom is 0.0587 e. The van der Waals surface area contributed by atoms with E-state index >= 15 is 0 Å². The average molecular weight is 275 g/mol. The molecule has 1 aliphatic rings. The number of rotatable bonds is 7. The molecule has 0 spiro atoms. The highest BCUT2D eigenvalue weighted by molar-refractivity contribution is 5.33. The van der Waals surface area contributed by atoms with Crippen molar-refractivity contribution >= 4 is 0 Å². The molecule has 1 fully saturated rings. The van der Waals surface area contributed by atoms with E-state index in [9.17, 15) is 0 Å². The largest absolute Gasteiger partial charge is 0.383 e. The standard InChI is InChI=1S/C18H29NO/c1-14(2)16-5-7-17(8-6-16)18(11-15(3)12-18)13-19-9-10-20-4/h5-8,14-15,19H,9-13H2,1-4H3. The zero-order valence-electron chi connectivity index (χ0n) is 13.4. The van der Waals surface area contributed by atoms with Crippen molar-refractivity contribution in [2.75, 3.05) is 26.8 Å². The van der Waals surface area contributed by atoms with Crippen molar-refractivity contribution in [1.29, 1.82) is 0 Å². The molecule has 2 heteroatoms. The van der Waals surface area contributed by atoms with Crippen molar-refractivity contribution < 1.29 is 4.74 Å². The van der Waals surface area contributed by atoms with Crippen LogP contribution in [-0.4, -0.2) is 26.8 Å². The van der Waals surface area contributed by atoms with E-state index in [0.29, 0.717) is 11.3 Å². The maximum atomic E-state index is 5.11. The van der Waals surface area contributed by atoms with E-state index in [4.69, 9.17) is 4.74 Å². The Morgan fingerprint density at radius 3 is 2.40 bits per heavy atom. The first-order valence-corrected chi connectivity index (χ1v) is 7.87. The summed E-state index contributed by atoms with van der Waals surface area (Å²) in [5.74, 6) is 1.46. The maximum absolute atomic E-state index is 5.11. The van der Waals surface area contributed by atoms with Crippen LogP contribution >= 0.6 is 0 Å². The topological polar surface area (TPSA) is 21.3 Å². The molecule has 0 radical (unpaired) electrons. The molecule has 0 saturated heterocycles. The van der Waals surface area contributed by atoms with Crippen molar-refractivity contribution in [3.8, 4) is 0 Å². The van der Waals surface area contributed by atoms with Crippen molar-refractivity contribution in [1.82, 2.24) is 5.32 Å². The lowest BCUT2D eigenvalue weighted by atomic mass is 9.59. The van der Waals surface area contributed by atoms with Gasteiger partial charge in [-0.1, -0.05) is 45.0 Å². The van der Waals surface area contributed by atoms with Gasteiger partial charge in [0.05, 0.1) is 6.61 Å². The highest BCUT2D eigenvalue weighted by Crippen LogP contribution is 2.47. The Morgan fingerprint density at radius 2 is 1.90 bits per heavy atom. The van der Waals surface area contributed by atoms with Gasteiger partial charge in [0, 0.05) is 25.6 Å². The van der Waals surface area contributed by atoms with E-state index in [1.165, 1.54) is 24.0 Å². The highest BCUT2D eigenvalue weighted by atomic mass is 16.5. The van der Waals surface area contributed by atoms with Gasteiger partial charge in [0.25, 0.3) is 0 Å². The Hall–Kier alpha value is -0.860. The molecule has 0 aliphatic heterocycles. The first-order chi connectivity index (χ1) is 9.57. The van der Waals surface area contributed by atoms with Gasteiger partial charge >= 0.3 is 0 Å². The molecule has 1 saturated carbocycles. The molecule has 0 atom stereocenters. The van der Waals surface area contributed by atoms with E-state index in [1.807, 2.05) is 0 Å². The van der Waals surface area contributed by atoms with Gasteiger partial charge in [0.1, 0.15) is 0 Å². The van der Waals surface area contributed by atoms with Gasteiger partial charge in [-0.25, -0.2) is 0 Å². The minimum atomic E-state index is 0.350. The first kappa shape index (κ1) is 15.5. The van der Waals surface area contributed by atoms with Crippen molar-refractivity contribution in [3.05, 3.63) is 35.4 Å². The SMILES string of the molecule is COCCNCC1(c2ccc(C(C)C)cc2)CC(C)C1. The molecule has 2 nitrogen and oxygen atoms in total. The van der Waals surface area contributed by atoms with E-state index < -0.39 is 0 Å². The smallest absolute Gasteiger partial charge is 0.0587 e. The Bertz CT molecular complexity index is 404. The Balaban J connectivity index is 2.04. The van der Waals surface area contributed by atoms with Gasteiger partial charge in [-0.15, -0.1) is 0 Å². The number of hydrogen-bond acceptors (Lipinski definition) is 2. The van der Waals surface area contributed by atoms with E-state index in [2.05, 4.69) is 50.4 Å². The molecule has 1 aromatic rings. The number of methoxy groups -OCH3 is 1. The van der Waals surface area contributed by atoms with Crippen molar-refractivity contribution in [2.45, 2.75) is 44.9 Å². The fourth-order valence-corrected chi connectivity index (χ4v) is 3.48. The molecule has 1 N–H and O–H groups in total. The zero-order chi connectivity index (χ0) is 14.6. The van der Waals surface area contributed by atoms with Gasteiger partial charge in [-0.05, 0) is 35.8 Å². The molecule has 1 aliphatic carbocycles. The predicted molar refractivity (Wildman–Crippen MR) is 85.4 cm³/mol. The molecule has 112 valence electrons. The summed E-state index contributed by atoms with van der Waals surface area (Å²) in [6, 6.07) is 9.30. The lowest BCUT2D eigenvalue weighted by Gasteiger charge is -2.47. The molecule has 0 amide bonds. The third kappa shape index (κ3) is 3.42. The number of ether oxygens (including phenoxy) is 1. The molecule has 0 unspecified atom stereocenters. The normalized spacial score (nSPS) is 25.8. The predicted octanol–water partition coefficient (Wildman–Crippen LogP) is 3.71. The van der Waals surface area contributed by atoms with Crippen LogP contribution in [0.15, 0.2) is 24.3 Å². The van der Waals surface area contributed by atoms with Crippen molar-refractivity contribution in [2.24, 2.45) is 5.92 Å². The Morgan fingerprint density at radius 1 is 1.25 bits per heavy atom. The second kappa shape index (κ2) is 6.73. The highest BCUT2D eigenvalue weighted by Gasteiger charge is 2.42. The summed E-state index contributed by atoms with van der Waals surface area (Å²) in [6.07, 6.45) is 2.60. The van der Waals surface area contributed by atoms with E-state index in [1.54, 1.807) is 7.11 Å². The monoisotopic (exact) mass is 275 g/mol. The third-order valence-electron chi connectivity index (χ3n) is 4.61. The molecular weight excluding hydrogens is 246 g/mol. The fraction of sp³-hybridized carbons (Fsp3) is 0.667. The van der Waals surface area contributed by atoms with Gasteiger partial charge in [-0.3, -0.25) is 0 Å². The van der Waals surface area contributed by atoms with Gasteiger partial charge in [-0.2, -0.15) is 0 Å². The van der Waals surface area contributed by atoms with Crippen LogP contribution in [0.2, 0.25) is 0 Å². The minimum absolute atomic E-state index is 0.350. The summed E-state index contributed by atoms with van der Waals surface area (Å²) >= 11 is 0. The number of benzene rings is 1. The molecule has 0 heterocycles. The minimum Gasteiger partial charge on any atom is -0.383 e. The first-order valence-electron chi connectivity index (χ1n) is 7.87. The van der Waals surface area contributed by atoms with Crippen LogP contribution in [0.3, 0.4) is 0 Å². The zero-order valence-corrected chi connectivity index (χ0v) is 13.4. The molecule has 1 aromatic carbocycles. The van der Waals surface area contributed by atoms with Crippen LogP contribution in [0, 0.1) is 5.92 Å². The van der Waals surface area contributed by atoms with Crippen LogP contribution in [0.25, 0.3) is 0 Å². The van der Waals surface area contributed by atoms with E-state index in [0.717, 1.165) is 25.6 Å². The Labute approximate surface area is 123 Å². The van der Waals surface area contributed by atoms with Gasteiger partial charge in [0.2, 0.25) is 0 Å². The molecular formula is C18H29NO. The summed E-state index contributed by atoms with van der Waals surface area (Å²) in [7, 11) is 1.76. The van der Waals surface area contributed by atoms with Crippen molar-refractivity contribution in [3.63, 3.8) is 0 Å². The van der Waals surface area contributed by atoms with Crippen LogP contribution < -0.4 is 5.32 Å². The van der Waals surface area contributed by atoms with Gasteiger partial charge in [0.15, 0.2) is 0 Å². The fourth-order valence-electron chi connectivity index (χ4n) is 3.48. The summed E-state index contributed by atoms with van der Waals surface area (Å²) in [5, 5.41) is 3.56. The average Bonchev–Trinajstić information content (AvgIpc) is 2.41. The van der Waals surface area contributed by atoms with Crippen LogP contribution in [-0.2, 0) is 10.2 Å². The number of nitrogens with one attached hydrogen (secondary N) is 1. The Kier molecular flexibility index (Phi) is 5.22. The lowest BCUT2D eigenvalue weighted by Crippen LogP contribution is -2.48. The molecule has 0 bridgehead atoms. The quantitative estimate of drug-likeness (QED) is 0.766. The molecule has 0 aromatic heterocycles. The summed E-state index contributed by atoms with van der Waals surface area (Å²) in [4.78, 5) is 0. The second-order valence-corrected chi connectivity index (χ2v) is 6.74. The molecule has 20 heavy (non-hydrogen) atoms. The third-order valence-corrected chi connectivity index (χ3v) is 4.61.